The highest BCUT2D eigenvalue weighted by Crippen LogP contribution is 2.24. The molecule has 3 rings (SSSR count). The Hall–Kier alpha value is -4.80. The van der Waals surface area contributed by atoms with Crippen LogP contribution in [0.2, 0.25) is 0 Å². The minimum Gasteiger partial charge on any atom is -0.501 e. The first-order valence-electron chi connectivity index (χ1n) is 10.9. The molecule has 3 aromatic rings. The fraction of sp³-hybridized carbons (Fsp3) is 0.231. The van der Waals surface area contributed by atoms with Gasteiger partial charge in [0, 0.05) is 35.3 Å². The fourth-order valence-electron chi connectivity index (χ4n) is 3.05. The van der Waals surface area contributed by atoms with Gasteiger partial charge in [0.2, 0.25) is 5.56 Å². The topological polar surface area (TPSA) is 142 Å². The summed E-state index contributed by atoms with van der Waals surface area (Å²) in [5, 5.41) is 3.22. The molecule has 11 nitrogen and oxygen atoms in total. The summed E-state index contributed by atoms with van der Waals surface area (Å²) >= 11 is 0. The summed E-state index contributed by atoms with van der Waals surface area (Å²) < 4.78 is 24.4. The van der Waals surface area contributed by atoms with Crippen LogP contribution in [0, 0.1) is 0 Å². The quantitative estimate of drug-likeness (QED) is 0.264. The second-order valence-electron chi connectivity index (χ2n) is 7.14. The van der Waals surface area contributed by atoms with E-state index in [0.717, 1.165) is 0 Å². The minimum atomic E-state index is -0.510. The molecule has 0 spiro atoms. The number of hydrogen-bond acceptors (Lipinski definition) is 9. The van der Waals surface area contributed by atoms with Crippen molar-refractivity contribution in [2.45, 2.75) is 6.92 Å². The standard InChI is InChI=1S/C14H17NO5.C12H11NO4/c1-4-20-6-5-13(16)15-11-7-10(14(17)19-3)8-12(9-11)18-2;1-16-7-5-9(12(15)17-2)8-3-4-11(14)13-10(8)6-7/h5-9H,4H2,1-3H3,(H,15,16);3-6H,1-2H3,(H,13,14)/b6-5+;. The van der Waals surface area contributed by atoms with Crippen LogP contribution < -0.4 is 20.3 Å². The molecule has 2 N–H and O–H groups in total. The number of aromatic nitrogens is 1. The van der Waals surface area contributed by atoms with Gasteiger partial charge < -0.3 is 34.0 Å². The Labute approximate surface area is 212 Å². The number of carbonyl (C=O) groups excluding carboxylic acids is 3. The molecule has 0 saturated carbocycles. The van der Waals surface area contributed by atoms with E-state index in [-0.39, 0.29) is 17.0 Å². The lowest BCUT2D eigenvalue weighted by molar-refractivity contribution is -0.112. The second-order valence-corrected chi connectivity index (χ2v) is 7.14. The highest BCUT2D eigenvalue weighted by atomic mass is 16.5. The van der Waals surface area contributed by atoms with Crippen molar-refractivity contribution in [2.75, 3.05) is 40.4 Å². The molecule has 37 heavy (non-hydrogen) atoms. The molecule has 0 saturated heterocycles. The van der Waals surface area contributed by atoms with E-state index in [1.54, 1.807) is 24.3 Å². The van der Waals surface area contributed by atoms with E-state index in [4.69, 9.17) is 14.2 Å². The zero-order valence-corrected chi connectivity index (χ0v) is 21.1. The molecule has 1 amide bonds. The Morgan fingerprint density at radius 3 is 2.19 bits per heavy atom. The predicted molar refractivity (Wildman–Crippen MR) is 136 cm³/mol. The molecule has 1 aromatic heterocycles. The number of H-pyrrole nitrogens is 1. The van der Waals surface area contributed by atoms with Crippen molar-refractivity contribution in [1.29, 1.82) is 0 Å². The molecule has 0 bridgehead atoms. The van der Waals surface area contributed by atoms with E-state index in [1.807, 2.05) is 6.92 Å². The van der Waals surface area contributed by atoms with E-state index in [0.29, 0.717) is 40.3 Å². The Balaban J connectivity index is 0.000000263. The van der Waals surface area contributed by atoms with Crippen molar-refractivity contribution in [3.63, 3.8) is 0 Å². The number of amides is 1. The van der Waals surface area contributed by atoms with E-state index < -0.39 is 11.9 Å². The van der Waals surface area contributed by atoms with Crippen LogP contribution in [-0.2, 0) is 19.0 Å². The number of rotatable bonds is 8. The Bertz CT molecular complexity index is 1350. The van der Waals surface area contributed by atoms with Crippen LogP contribution in [-0.4, -0.2) is 57.9 Å². The van der Waals surface area contributed by atoms with Crippen molar-refractivity contribution < 1.29 is 38.1 Å². The zero-order valence-electron chi connectivity index (χ0n) is 21.1. The highest BCUT2D eigenvalue weighted by Gasteiger charge is 2.13. The van der Waals surface area contributed by atoms with E-state index in [1.165, 1.54) is 59.0 Å². The summed E-state index contributed by atoms with van der Waals surface area (Å²) in [5.41, 5.74) is 1.38. The van der Waals surface area contributed by atoms with Gasteiger partial charge in [-0.25, -0.2) is 9.59 Å². The average molecular weight is 513 g/mol. The molecule has 0 atom stereocenters. The normalized spacial score (nSPS) is 10.2. The lowest BCUT2D eigenvalue weighted by atomic mass is 10.1. The van der Waals surface area contributed by atoms with Crippen LogP contribution in [0.3, 0.4) is 0 Å². The van der Waals surface area contributed by atoms with Crippen molar-refractivity contribution in [1.82, 2.24) is 4.98 Å². The third kappa shape index (κ3) is 8.13. The Morgan fingerprint density at radius 1 is 0.892 bits per heavy atom. The molecule has 0 radical (unpaired) electrons. The maximum Gasteiger partial charge on any atom is 0.338 e. The van der Waals surface area contributed by atoms with E-state index in [9.17, 15) is 19.2 Å². The maximum atomic E-state index is 11.6. The van der Waals surface area contributed by atoms with Gasteiger partial charge in [-0.15, -0.1) is 0 Å². The maximum absolute atomic E-state index is 11.6. The Morgan fingerprint density at radius 2 is 1.57 bits per heavy atom. The number of methoxy groups -OCH3 is 4. The highest BCUT2D eigenvalue weighted by molar-refractivity contribution is 6.04. The molecular weight excluding hydrogens is 484 g/mol. The largest absolute Gasteiger partial charge is 0.501 e. The van der Waals surface area contributed by atoms with Crippen LogP contribution in [0.5, 0.6) is 11.5 Å². The van der Waals surface area contributed by atoms with Crippen molar-refractivity contribution in [2.24, 2.45) is 0 Å². The third-order valence-corrected chi connectivity index (χ3v) is 4.77. The van der Waals surface area contributed by atoms with Gasteiger partial charge in [0.15, 0.2) is 0 Å². The summed E-state index contributed by atoms with van der Waals surface area (Å²) in [7, 11) is 5.55. The fourth-order valence-corrected chi connectivity index (χ4v) is 3.05. The van der Waals surface area contributed by atoms with Crippen LogP contribution in [0.4, 0.5) is 5.69 Å². The monoisotopic (exact) mass is 512 g/mol. The minimum absolute atomic E-state index is 0.235. The zero-order chi connectivity index (χ0) is 27.4. The molecule has 196 valence electrons. The van der Waals surface area contributed by atoms with Crippen molar-refractivity contribution in [3.05, 3.63) is 76.3 Å². The van der Waals surface area contributed by atoms with Crippen molar-refractivity contribution in [3.8, 4) is 11.5 Å². The summed E-state index contributed by atoms with van der Waals surface area (Å²) in [6, 6.07) is 10.8. The van der Waals surface area contributed by atoms with Gasteiger partial charge in [0.1, 0.15) is 11.5 Å². The number of hydrogen-bond donors (Lipinski definition) is 2. The van der Waals surface area contributed by atoms with Gasteiger partial charge >= 0.3 is 11.9 Å². The average Bonchev–Trinajstić information content (AvgIpc) is 2.91. The van der Waals surface area contributed by atoms with E-state index >= 15 is 0 Å². The molecule has 0 aliphatic carbocycles. The first-order chi connectivity index (χ1) is 17.8. The number of aromatic amines is 1. The smallest absolute Gasteiger partial charge is 0.338 e. The molecule has 11 heteroatoms. The lowest BCUT2D eigenvalue weighted by Gasteiger charge is -2.08. The molecule has 2 aromatic carbocycles. The third-order valence-electron chi connectivity index (χ3n) is 4.77. The number of carbonyl (C=O) groups is 3. The van der Waals surface area contributed by atoms with Crippen LogP contribution in [0.15, 0.2) is 59.6 Å². The van der Waals surface area contributed by atoms with Crippen LogP contribution in [0.25, 0.3) is 10.9 Å². The summed E-state index contributed by atoms with van der Waals surface area (Å²) in [5.74, 6) is -0.426. The van der Waals surface area contributed by atoms with Crippen LogP contribution in [0.1, 0.15) is 27.6 Å². The molecule has 0 unspecified atom stereocenters. The van der Waals surface area contributed by atoms with Gasteiger partial charge in [-0.3, -0.25) is 9.59 Å². The first-order valence-corrected chi connectivity index (χ1v) is 10.9. The number of esters is 2. The van der Waals surface area contributed by atoms with Gasteiger partial charge in [-0.05, 0) is 31.2 Å². The molecule has 0 aliphatic heterocycles. The first kappa shape index (κ1) is 28.4. The van der Waals surface area contributed by atoms with Gasteiger partial charge in [0.05, 0.1) is 58.0 Å². The summed E-state index contributed by atoms with van der Waals surface area (Å²) in [4.78, 5) is 48.6. The molecule has 1 heterocycles. The number of ether oxygens (including phenoxy) is 5. The van der Waals surface area contributed by atoms with Gasteiger partial charge in [0.25, 0.3) is 5.91 Å². The second kappa shape index (κ2) is 13.9. The molecular formula is C26H28N2O9. The SMILES string of the molecule is CCO/C=C/C(=O)Nc1cc(OC)cc(C(=O)OC)c1.COC(=O)c1cc(OC)cc2[nH]c(=O)ccc12. The van der Waals surface area contributed by atoms with E-state index in [2.05, 4.69) is 19.8 Å². The Kier molecular flexibility index (Phi) is 10.7. The number of pyridine rings is 1. The number of benzene rings is 2. The molecule has 0 aliphatic rings. The predicted octanol–water partition coefficient (Wildman–Crippen LogP) is 3.29. The molecule has 0 fully saturated rings. The summed E-state index contributed by atoms with van der Waals surface area (Å²) in [6.07, 6.45) is 2.55. The number of nitrogens with one attached hydrogen (secondary N) is 2. The summed E-state index contributed by atoms with van der Waals surface area (Å²) in [6.45, 7) is 2.29. The van der Waals surface area contributed by atoms with Crippen LogP contribution >= 0.6 is 0 Å². The van der Waals surface area contributed by atoms with Crippen molar-refractivity contribution >= 4 is 34.4 Å². The van der Waals surface area contributed by atoms with Gasteiger partial charge in [-0.2, -0.15) is 0 Å². The number of fused-ring (bicyclic) bond motifs is 1. The van der Waals surface area contributed by atoms with Gasteiger partial charge in [-0.1, -0.05) is 0 Å². The number of anilines is 1. The lowest BCUT2D eigenvalue weighted by Crippen LogP contribution is -2.10.